The molecule has 1 amide bonds. The van der Waals surface area contributed by atoms with Crippen molar-refractivity contribution in [2.24, 2.45) is 5.73 Å². The number of aliphatic hydroxyl groups is 1. The topological polar surface area (TPSA) is 110 Å². The van der Waals surface area contributed by atoms with Crippen LogP contribution in [-0.2, 0) is 15.0 Å². The number of hydrogen-bond acceptors (Lipinski definition) is 5. The Hall–Kier alpha value is -2.08. The highest BCUT2D eigenvalue weighted by Gasteiger charge is 2.50. The van der Waals surface area contributed by atoms with E-state index in [0.29, 0.717) is 0 Å². The average molecular weight is 251 g/mol. The summed E-state index contributed by atoms with van der Waals surface area (Å²) in [6.45, 7) is 1.37. The van der Waals surface area contributed by atoms with Crippen LogP contribution in [0.4, 0.5) is 0 Å². The lowest BCUT2D eigenvalue weighted by molar-refractivity contribution is -0.144. The summed E-state index contributed by atoms with van der Waals surface area (Å²) >= 11 is 0. The molecule has 0 unspecified atom stereocenters. The van der Waals surface area contributed by atoms with Crippen LogP contribution in [0.1, 0.15) is 18.9 Å². The van der Waals surface area contributed by atoms with Gasteiger partial charge in [0, 0.05) is 5.56 Å². The highest BCUT2D eigenvalue weighted by molar-refractivity contribution is 5.95. The predicted octanol–water partition coefficient (Wildman–Crippen LogP) is -0.195. The molecule has 1 heterocycles. The molecule has 2 rings (SSSR count). The summed E-state index contributed by atoms with van der Waals surface area (Å²) in [5.74, 6) is -1.45. The Morgan fingerprint density at radius 2 is 2.22 bits per heavy atom. The molecule has 96 valence electrons. The Labute approximate surface area is 103 Å². The van der Waals surface area contributed by atoms with Gasteiger partial charge in [0.25, 0.3) is 0 Å². The van der Waals surface area contributed by atoms with E-state index in [1.54, 1.807) is 0 Å². The number of phenolic OH excluding ortho intramolecular Hbond substituents is 1. The van der Waals surface area contributed by atoms with Crippen LogP contribution in [0, 0.1) is 0 Å². The van der Waals surface area contributed by atoms with Crippen molar-refractivity contribution in [2.75, 3.05) is 0 Å². The lowest BCUT2D eigenvalue weighted by Crippen LogP contribution is -2.53. The van der Waals surface area contributed by atoms with Crippen molar-refractivity contribution in [3.8, 4) is 11.5 Å². The normalized spacial score (nSPS) is 24.0. The first-order valence-corrected chi connectivity index (χ1v) is 5.40. The van der Waals surface area contributed by atoms with Gasteiger partial charge in [0.15, 0.2) is 0 Å². The van der Waals surface area contributed by atoms with Gasteiger partial charge in [-0.25, -0.2) is 0 Å². The van der Waals surface area contributed by atoms with E-state index < -0.39 is 23.4 Å². The number of hydrogen-bond donors (Lipinski definition) is 3. The van der Waals surface area contributed by atoms with Crippen LogP contribution in [0.2, 0.25) is 0 Å². The number of carbonyl (C=O) groups excluding carboxylic acids is 2. The van der Waals surface area contributed by atoms with Gasteiger partial charge in [0.05, 0.1) is 12.5 Å². The lowest BCUT2D eigenvalue weighted by Gasteiger charge is -2.37. The quantitative estimate of drug-likeness (QED) is 0.498. The molecular weight excluding hydrogens is 238 g/mol. The van der Waals surface area contributed by atoms with Gasteiger partial charge in [-0.1, -0.05) is 0 Å². The van der Waals surface area contributed by atoms with Crippen LogP contribution < -0.4 is 10.5 Å². The van der Waals surface area contributed by atoms with E-state index in [0.717, 1.165) is 0 Å². The molecule has 4 N–H and O–H groups in total. The number of aliphatic hydroxyl groups excluding tert-OH is 1. The van der Waals surface area contributed by atoms with Crippen molar-refractivity contribution in [1.82, 2.24) is 0 Å². The number of carbonyl (C=O) groups is 2. The zero-order valence-electron chi connectivity index (χ0n) is 9.71. The molecule has 0 aliphatic carbocycles. The maximum atomic E-state index is 11.7. The smallest absolute Gasteiger partial charge is 0.312 e. The minimum absolute atomic E-state index is 0.0991. The van der Waals surface area contributed by atoms with Crippen molar-refractivity contribution in [1.29, 1.82) is 0 Å². The maximum absolute atomic E-state index is 11.7. The zero-order chi connectivity index (χ0) is 13.5. The molecule has 0 fully saturated rings. The second-order valence-electron chi connectivity index (χ2n) is 4.34. The number of benzene rings is 1. The fourth-order valence-electron chi connectivity index (χ4n) is 2.24. The summed E-state index contributed by atoms with van der Waals surface area (Å²) in [5.41, 5.74) is 4.00. The second kappa shape index (κ2) is 3.99. The van der Waals surface area contributed by atoms with Crippen molar-refractivity contribution in [3.05, 3.63) is 23.8 Å². The number of ether oxygens (including phenoxy) is 1. The molecule has 2 atom stereocenters. The number of aromatic hydroxyl groups is 1. The summed E-state index contributed by atoms with van der Waals surface area (Å²) < 4.78 is 4.97. The van der Waals surface area contributed by atoms with E-state index in [4.69, 9.17) is 10.5 Å². The molecule has 0 saturated heterocycles. The number of phenols is 1. The van der Waals surface area contributed by atoms with Gasteiger partial charge >= 0.3 is 5.97 Å². The second-order valence-corrected chi connectivity index (χ2v) is 4.34. The molecule has 1 aromatic rings. The lowest BCUT2D eigenvalue weighted by atomic mass is 9.71. The zero-order valence-corrected chi connectivity index (χ0v) is 9.71. The van der Waals surface area contributed by atoms with Crippen LogP contribution in [0.15, 0.2) is 18.2 Å². The van der Waals surface area contributed by atoms with Gasteiger partial charge in [0.2, 0.25) is 5.91 Å². The van der Waals surface area contributed by atoms with Crippen molar-refractivity contribution in [2.45, 2.75) is 24.9 Å². The molecule has 1 aliphatic heterocycles. The Kier molecular flexibility index (Phi) is 2.74. The minimum atomic E-state index is -1.57. The van der Waals surface area contributed by atoms with E-state index in [9.17, 15) is 19.8 Å². The third kappa shape index (κ3) is 1.62. The van der Waals surface area contributed by atoms with E-state index in [-0.39, 0.29) is 23.5 Å². The van der Waals surface area contributed by atoms with Crippen LogP contribution in [0.5, 0.6) is 11.5 Å². The Balaban J connectivity index is 2.72. The highest BCUT2D eigenvalue weighted by atomic mass is 16.5. The summed E-state index contributed by atoms with van der Waals surface area (Å²) in [6.07, 6.45) is -1.53. The van der Waals surface area contributed by atoms with Crippen LogP contribution in [0.3, 0.4) is 0 Å². The van der Waals surface area contributed by atoms with Gasteiger partial charge in [-0.05, 0) is 25.1 Å². The summed E-state index contributed by atoms with van der Waals surface area (Å²) in [4.78, 5) is 23.2. The molecule has 18 heavy (non-hydrogen) atoms. The van der Waals surface area contributed by atoms with Crippen LogP contribution in [0.25, 0.3) is 0 Å². The summed E-state index contributed by atoms with van der Waals surface area (Å²) in [6, 6.07) is 3.96. The Morgan fingerprint density at radius 3 is 2.78 bits per heavy atom. The minimum Gasteiger partial charge on any atom is -0.508 e. The molecular formula is C12H13NO5. The number of amides is 1. The molecule has 0 aromatic heterocycles. The van der Waals surface area contributed by atoms with E-state index in [1.165, 1.54) is 25.1 Å². The van der Waals surface area contributed by atoms with E-state index in [2.05, 4.69) is 0 Å². The molecule has 6 nitrogen and oxygen atoms in total. The molecule has 6 heteroatoms. The first-order valence-electron chi connectivity index (χ1n) is 5.40. The van der Waals surface area contributed by atoms with E-state index >= 15 is 0 Å². The SMILES string of the molecule is C[C@H](O)[C@]1(C(N)=O)CC(=O)Oc2ccc(O)cc21. The first kappa shape index (κ1) is 12.4. The third-order valence-corrected chi connectivity index (χ3v) is 3.24. The Bertz CT molecular complexity index is 525. The highest BCUT2D eigenvalue weighted by Crippen LogP contribution is 2.43. The molecule has 1 aliphatic rings. The Morgan fingerprint density at radius 1 is 1.56 bits per heavy atom. The molecule has 0 bridgehead atoms. The molecule has 0 saturated carbocycles. The number of fused-ring (bicyclic) bond motifs is 1. The van der Waals surface area contributed by atoms with Gasteiger partial charge < -0.3 is 20.7 Å². The molecule has 1 aromatic carbocycles. The van der Waals surface area contributed by atoms with Crippen molar-refractivity contribution < 1.29 is 24.5 Å². The van der Waals surface area contributed by atoms with Crippen LogP contribution in [-0.4, -0.2) is 28.2 Å². The number of esters is 1. The van der Waals surface area contributed by atoms with Gasteiger partial charge in [0.1, 0.15) is 16.9 Å². The standard InChI is InChI=1S/C12H13NO5/c1-6(14)12(11(13)17)5-10(16)18-9-3-2-7(15)4-8(9)12/h2-4,6,14-15H,5H2,1H3,(H2,13,17)/t6-,12+/m0/s1. The van der Waals surface area contributed by atoms with Crippen molar-refractivity contribution in [3.63, 3.8) is 0 Å². The van der Waals surface area contributed by atoms with Gasteiger partial charge in [-0.15, -0.1) is 0 Å². The summed E-state index contributed by atoms with van der Waals surface area (Å²) in [5, 5.41) is 19.3. The fraction of sp³-hybridized carbons (Fsp3) is 0.333. The number of nitrogens with two attached hydrogens (primary N) is 1. The maximum Gasteiger partial charge on any atom is 0.312 e. The third-order valence-electron chi connectivity index (χ3n) is 3.24. The number of primary amides is 1. The monoisotopic (exact) mass is 251 g/mol. The molecule has 0 spiro atoms. The number of rotatable bonds is 2. The van der Waals surface area contributed by atoms with Crippen LogP contribution >= 0.6 is 0 Å². The van der Waals surface area contributed by atoms with Gasteiger partial charge in [-0.2, -0.15) is 0 Å². The fourth-order valence-corrected chi connectivity index (χ4v) is 2.24. The van der Waals surface area contributed by atoms with E-state index in [1.807, 2.05) is 0 Å². The van der Waals surface area contributed by atoms with Gasteiger partial charge in [-0.3, -0.25) is 9.59 Å². The summed E-state index contributed by atoms with van der Waals surface area (Å²) in [7, 11) is 0. The predicted molar refractivity (Wildman–Crippen MR) is 60.9 cm³/mol. The van der Waals surface area contributed by atoms with Crippen molar-refractivity contribution >= 4 is 11.9 Å². The average Bonchev–Trinajstić information content (AvgIpc) is 2.27. The molecule has 0 radical (unpaired) electrons. The largest absolute Gasteiger partial charge is 0.508 e. The first-order chi connectivity index (χ1) is 8.37.